The molecule has 0 aliphatic carbocycles. The summed E-state index contributed by atoms with van der Waals surface area (Å²) in [5, 5.41) is 0. The van der Waals surface area contributed by atoms with E-state index in [0.717, 1.165) is 26.1 Å². The molecule has 164 valence electrons. The van der Waals surface area contributed by atoms with E-state index in [1.807, 2.05) is 0 Å². The molecule has 0 heterocycles. The second kappa shape index (κ2) is 25.7. The summed E-state index contributed by atoms with van der Waals surface area (Å²) in [6.45, 7) is 13.0. The maximum Gasteiger partial charge on any atom is 0.0701 e. The molecule has 0 atom stereocenters. The minimum atomic E-state index is 0.564. The molecular weight excluding hydrogens is 352 g/mol. The lowest BCUT2D eigenvalue weighted by Gasteiger charge is -2.08. The Morgan fingerprint density at radius 3 is 0.889 bits per heavy atom. The number of hydrogen-bond donors (Lipinski definition) is 0. The van der Waals surface area contributed by atoms with Crippen LogP contribution in [0.15, 0.2) is 0 Å². The summed E-state index contributed by atoms with van der Waals surface area (Å²) < 4.78 is 37.8. The average Bonchev–Trinajstić information content (AvgIpc) is 2.68. The van der Waals surface area contributed by atoms with Crippen molar-refractivity contribution < 1.29 is 33.2 Å². The minimum absolute atomic E-state index is 0.564. The average molecular weight is 395 g/mol. The molecule has 0 aromatic rings. The molecule has 27 heavy (non-hydrogen) atoms. The molecule has 0 rings (SSSR count). The van der Waals surface area contributed by atoms with Gasteiger partial charge in [0.1, 0.15) is 0 Å². The first kappa shape index (κ1) is 26.7. The zero-order valence-electron chi connectivity index (χ0n) is 17.6. The summed E-state index contributed by atoms with van der Waals surface area (Å²) in [7, 11) is 0. The Morgan fingerprint density at radius 2 is 0.593 bits per heavy atom. The van der Waals surface area contributed by atoms with E-state index in [2.05, 4.69) is 13.8 Å². The van der Waals surface area contributed by atoms with E-state index in [9.17, 15) is 0 Å². The largest absolute Gasteiger partial charge is 0.379 e. The summed E-state index contributed by atoms with van der Waals surface area (Å²) in [6, 6.07) is 0. The number of rotatable bonds is 24. The molecule has 7 heteroatoms. The first-order chi connectivity index (χ1) is 13.4. The van der Waals surface area contributed by atoms with Crippen molar-refractivity contribution in [2.45, 2.75) is 39.5 Å². The van der Waals surface area contributed by atoms with E-state index >= 15 is 0 Å². The van der Waals surface area contributed by atoms with Crippen molar-refractivity contribution >= 4 is 0 Å². The number of unbranched alkanes of at least 4 members (excludes halogenated alkanes) is 2. The van der Waals surface area contributed by atoms with Crippen molar-refractivity contribution in [1.82, 2.24) is 0 Å². The van der Waals surface area contributed by atoms with Crippen molar-refractivity contribution in [3.63, 3.8) is 0 Å². The van der Waals surface area contributed by atoms with E-state index in [-0.39, 0.29) is 0 Å². The van der Waals surface area contributed by atoms with Crippen LogP contribution in [-0.2, 0) is 33.2 Å². The minimum Gasteiger partial charge on any atom is -0.379 e. The van der Waals surface area contributed by atoms with Crippen LogP contribution in [0.3, 0.4) is 0 Å². The van der Waals surface area contributed by atoms with E-state index in [1.54, 1.807) is 0 Å². The monoisotopic (exact) mass is 394 g/mol. The lowest BCUT2D eigenvalue weighted by atomic mass is 10.3. The van der Waals surface area contributed by atoms with Gasteiger partial charge in [-0.3, -0.25) is 0 Å². The third-order valence-electron chi connectivity index (χ3n) is 3.47. The third kappa shape index (κ3) is 25.7. The van der Waals surface area contributed by atoms with Crippen LogP contribution in [0.5, 0.6) is 0 Å². The van der Waals surface area contributed by atoms with Crippen molar-refractivity contribution in [1.29, 1.82) is 0 Å². The molecule has 0 aliphatic rings. The predicted molar refractivity (Wildman–Crippen MR) is 106 cm³/mol. The fourth-order valence-electron chi connectivity index (χ4n) is 2.02. The van der Waals surface area contributed by atoms with Crippen LogP contribution in [0, 0.1) is 0 Å². The molecule has 0 saturated heterocycles. The first-order valence-electron chi connectivity index (χ1n) is 10.5. The highest BCUT2D eigenvalue weighted by molar-refractivity contribution is 4.38. The van der Waals surface area contributed by atoms with Crippen LogP contribution in [-0.4, -0.2) is 92.5 Å². The molecule has 0 aliphatic heterocycles. The van der Waals surface area contributed by atoms with Crippen molar-refractivity contribution in [3.8, 4) is 0 Å². The van der Waals surface area contributed by atoms with E-state index in [4.69, 9.17) is 33.2 Å². The SMILES string of the molecule is CCCCCOCCOCCOCCOCCOCCOCCOCCC. The fourth-order valence-corrected chi connectivity index (χ4v) is 2.02. The molecule has 0 bridgehead atoms. The van der Waals surface area contributed by atoms with Crippen LogP contribution < -0.4 is 0 Å². The topological polar surface area (TPSA) is 64.6 Å². The molecule has 0 N–H and O–H groups in total. The van der Waals surface area contributed by atoms with Gasteiger partial charge in [0.2, 0.25) is 0 Å². The van der Waals surface area contributed by atoms with E-state index in [0.29, 0.717) is 79.3 Å². The highest BCUT2D eigenvalue weighted by Gasteiger charge is 1.94. The normalized spacial score (nSPS) is 11.3. The van der Waals surface area contributed by atoms with Crippen LogP contribution in [0.2, 0.25) is 0 Å². The van der Waals surface area contributed by atoms with Gasteiger partial charge in [0.25, 0.3) is 0 Å². The molecule has 0 radical (unpaired) electrons. The lowest BCUT2D eigenvalue weighted by molar-refractivity contribution is -0.0205. The Bertz CT molecular complexity index is 230. The van der Waals surface area contributed by atoms with Gasteiger partial charge in [-0.05, 0) is 12.8 Å². The molecule has 0 spiro atoms. The zero-order chi connectivity index (χ0) is 19.7. The van der Waals surface area contributed by atoms with Crippen molar-refractivity contribution in [3.05, 3.63) is 0 Å². The number of hydrogen-bond acceptors (Lipinski definition) is 7. The molecule has 0 saturated carbocycles. The summed E-state index contributed by atoms with van der Waals surface area (Å²) in [6.07, 6.45) is 4.62. The van der Waals surface area contributed by atoms with Gasteiger partial charge in [0.15, 0.2) is 0 Å². The smallest absolute Gasteiger partial charge is 0.0701 e. The summed E-state index contributed by atoms with van der Waals surface area (Å²) >= 11 is 0. The maximum atomic E-state index is 5.46. The van der Waals surface area contributed by atoms with Crippen molar-refractivity contribution in [2.75, 3.05) is 92.5 Å². The van der Waals surface area contributed by atoms with Crippen LogP contribution in [0.25, 0.3) is 0 Å². The van der Waals surface area contributed by atoms with Gasteiger partial charge in [-0.15, -0.1) is 0 Å². The molecule has 0 amide bonds. The van der Waals surface area contributed by atoms with Gasteiger partial charge < -0.3 is 33.2 Å². The first-order valence-corrected chi connectivity index (χ1v) is 10.5. The third-order valence-corrected chi connectivity index (χ3v) is 3.47. The Balaban J connectivity index is 2.95. The summed E-state index contributed by atoms with van der Waals surface area (Å²) in [5.74, 6) is 0. The maximum absolute atomic E-state index is 5.46. The van der Waals surface area contributed by atoms with Crippen LogP contribution in [0.1, 0.15) is 39.5 Å². The Morgan fingerprint density at radius 1 is 0.296 bits per heavy atom. The summed E-state index contributed by atoms with van der Waals surface area (Å²) in [4.78, 5) is 0. The van der Waals surface area contributed by atoms with Crippen LogP contribution in [0.4, 0.5) is 0 Å². The van der Waals surface area contributed by atoms with Gasteiger partial charge in [-0.2, -0.15) is 0 Å². The second-order valence-corrected chi connectivity index (χ2v) is 5.99. The molecular formula is C20H42O7. The van der Waals surface area contributed by atoms with Crippen LogP contribution >= 0.6 is 0 Å². The molecule has 0 unspecified atom stereocenters. The van der Waals surface area contributed by atoms with Gasteiger partial charge in [-0.25, -0.2) is 0 Å². The Kier molecular flexibility index (Phi) is 25.5. The van der Waals surface area contributed by atoms with Crippen molar-refractivity contribution in [2.24, 2.45) is 0 Å². The highest BCUT2D eigenvalue weighted by atomic mass is 16.6. The molecule has 0 aromatic carbocycles. The molecule has 0 fully saturated rings. The quantitative estimate of drug-likeness (QED) is 0.233. The summed E-state index contributed by atoms with van der Waals surface area (Å²) in [5.41, 5.74) is 0. The number of ether oxygens (including phenoxy) is 7. The standard InChI is InChI=1S/C20H42O7/c1-3-5-6-8-22-10-12-24-14-16-26-18-20-27-19-17-25-15-13-23-11-9-21-7-4-2/h3-20H2,1-2H3. The van der Waals surface area contributed by atoms with Gasteiger partial charge in [-0.1, -0.05) is 26.7 Å². The second-order valence-electron chi connectivity index (χ2n) is 5.99. The van der Waals surface area contributed by atoms with Gasteiger partial charge in [0, 0.05) is 13.2 Å². The predicted octanol–water partition coefficient (Wildman–Crippen LogP) is 2.70. The Hall–Kier alpha value is -0.280. The zero-order valence-corrected chi connectivity index (χ0v) is 17.6. The molecule has 7 nitrogen and oxygen atoms in total. The lowest BCUT2D eigenvalue weighted by Crippen LogP contribution is -2.14. The van der Waals surface area contributed by atoms with Gasteiger partial charge >= 0.3 is 0 Å². The van der Waals surface area contributed by atoms with Gasteiger partial charge in [0.05, 0.1) is 79.3 Å². The van der Waals surface area contributed by atoms with E-state index in [1.165, 1.54) is 12.8 Å². The fraction of sp³-hybridized carbons (Fsp3) is 1.00. The van der Waals surface area contributed by atoms with E-state index < -0.39 is 0 Å². The molecule has 0 aromatic heterocycles. The Labute approximate surface area is 165 Å². The highest BCUT2D eigenvalue weighted by Crippen LogP contribution is 1.93.